The van der Waals surface area contributed by atoms with Crippen molar-refractivity contribution in [2.75, 3.05) is 20.2 Å². The number of aromatic nitrogens is 2. The van der Waals surface area contributed by atoms with E-state index in [0.29, 0.717) is 18.9 Å². The molecule has 6 heteroatoms. The Kier molecular flexibility index (Phi) is 4.28. The van der Waals surface area contributed by atoms with Gasteiger partial charge in [0, 0.05) is 43.5 Å². The number of para-hydroxylation sites is 1. The van der Waals surface area contributed by atoms with E-state index in [2.05, 4.69) is 9.55 Å². The summed E-state index contributed by atoms with van der Waals surface area (Å²) in [5.74, 6) is 0.336. The molecule has 0 radical (unpaired) electrons. The smallest absolute Gasteiger partial charge is 0.290 e. The highest BCUT2D eigenvalue weighted by molar-refractivity contribution is 5.99. The summed E-state index contributed by atoms with van der Waals surface area (Å²) in [7, 11) is 1.63. The van der Waals surface area contributed by atoms with Crippen molar-refractivity contribution in [2.24, 2.45) is 0 Å². The SMILES string of the molecule is COCc1c(C(=O)N2CCC[C@@H](n3ccnc3)C2)oc2ccccc12. The molecular weight excluding hydrogens is 318 g/mol. The van der Waals surface area contributed by atoms with E-state index in [0.717, 1.165) is 35.9 Å². The Morgan fingerprint density at radius 3 is 3.08 bits per heavy atom. The van der Waals surface area contributed by atoms with Crippen molar-refractivity contribution in [3.05, 3.63) is 54.3 Å². The maximum atomic E-state index is 13.1. The lowest BCUT2D eigenvalue weighted by Crippen LogP contribution is -2.40. The zero-order chi connectivity index (χ0) is 17.2. The zero-order valence-corrected chi connectivity index (χ0v) is 14.2. The standard InChI is InChI=1S/C19H21N3O3/c1-24-12-16-15-6-2-3-7-17(15)25-18(16)19(23)21-9-4-5-14(11-21)22-10-8-20-13-22/h2-3,6-8,10,13-14H,4-5,9,11-12H2,1H3/t14-/m1/s1. The number of piperidine rings is 1. The maximum Gasteiger partial charge on any atom is 0.290 e. The van der Waals surface area contributed by atoms with Crippen LogP contribution in [0.4, 0.5) is 0 Å². The van der Waals surface area contributed by atoms with Crippen LogP contribution in [0.25, 0.3) is 11.0 Å². The molecule has 3 aromatic rings. The number of imidazole rings is 1. The fraction of sp³-hybridized carbons (Fsp3) is 0.368. The molecule has 0 spiro atoms. The number of fused-ring (bicyclic) bond motifs is 1. The molecule has 0 saturated carbocycles. The molecule has 1 aliphatic heterocycles. The Hall–Kier alpha value is -2.60. The van der Waals surface area contributed by atoms with Crippen molar-refractivity contribution in [3.63, 3.8) is 0 Å². The minimum absolute atomic E-state index is 0.0620. The first-order chi connectivity index (χ1) is 12.3. The third kappa shape index (κ3) is 2.93. The molecule has 3 heterocycles. The fourth-order valence-corrected chi connectivity index (χ4v) is 3.57. The average molecular weight is 339 g/mol. The lowest BCUT2D eigenvalue weighted by molar-refractivity contribution is 0.0643. The molecule has 130 valence electrons. The summed E-state index contributed by atoms with van der Waals surface area (Å²) in [6.07, 6.45) is 7.56. The first kappa shape index (κ1) is 15.9. The Morgan fingerprint density at radius 2 is 2.28 bits per heavy atom. The van der Waals surface area contributed by atoms with Crippen molar-refractivity contribution >= 4 is 16.9 Å². The number of likely N-dealkylation sites (tertiary alicyclic amines) is 1. The van der Waals surface area contributed by atoms with Crippen LogP contribution in [0, 0.1) is 0 Å². The molecule has 1 aliphatic rings. The molecule has 0 unspecified atom stereocenters. The predicted molar refractivity (Wildman–Crippen MR) is 93.3 cm³/mol. The van der Waals surface area contributed by atoms with Gasteiger partial charge in [-0.3, -0.25) is 4.79 Å². The van der Waals surface area contributed by atoms with E-state index < -0.39 is 0 Å². The number of rotatable bonds is 4. The van der Waals surface area contributed by atoms with Crippen molar-refractivity contribution in [3.8, 4) is 0 Å². The maximum absolute atomic E-state index is 13.1. The number of methoxy groups -OCH3 is 1. The molecule has 6 nitrogen and oxygen atoms in total. The lowest BCUT2D eigenvalue weighted by atomic mass is 10.0. The van der Waals surface area contributed by atoms with E-state index in [4.69, 9.17) is 9.15 Å². The van der Waals surface area contributed by atoms with Gasteiger partial charge < -0.3 is 18.6 Å². The molecule has 0 bridgehead atoms. The number of hydrogen-bond donors (Lipinski definition) is 0. The average Bonchev–Trinajstić information content (AvgIpc) is 3.30. The van der Waals surface area contributed by atoms with Gasteiger partial charge in [0.05, 0.1) is 19.0 Å². The van der Waals surface area contributed by atoms with E-state index in [1.807, 2.05) is 41.7 Å². The molecule has 2 aromatic heterocycles. The number of nitrogens with zero attached hydrogens (tertiary/aromatic N) is 3. The van der Waals surface area contributed by atoms with Crippen molar-refractivity contribution < 1.29 is 13.9 Å². The molecule has 1 atom stereocenters. The first-order valence-electron chi connectivity index (χ1n) is 8.54. The normalized spacial score (nSPS) is 18.0. The molecule has 1 amide bonds. The minimum atomic E-state index is -0.0620. The number of benzene rings is 1. The summed E-state index contributed by atoms with van der Waals surface area (Å²) in [5.41, 5.74) is 1.55. The number of amides is 1. The molecule has 1 aromatic carbocycles. The highest BCUT2D eigenvalue weighted by Gasteiger charge is 2.29. The zero-order valence-electron chi connectivity index (χ0n) is 14.2. The van der Waals surface area contributed by atoms with E-state index in [1.54, 1.807) is 13.3 Å². The summed E-state index contributed by atoms with van der Waals surface area (Å²) in [6.45, 7) is 1.77. The van der Waals surface area contributed by atoms with Crippen molar-refractivity contribution in [1.82, 2.24) is 14.5 Å². The molecule has 1 fully saturated rings. The quantitative estimate of drug-likeness (QED) is 0.732. The van der Waals surface area contributed by atoms with Gasteiger partial charge in [0.25, 0.3) is 5.91 Å². The fourth-order valence-electron chi connectivity index (χ4n) is 3.57. The first-order valence-corrected chi connectivity index (χ1v) is 8.54. The monoisotopic (exact) mass is 339 g/mol. The molecule has 25 heavy (non-hydrogen) atoms. The van der Waals surface area contributed by atoms with Crippen LogP contribution >= 0.6 is 0 Å². The van der Waals surface area contributed by atoms with Gasteiger partial charge in [-0.15, -0.1) is 0 Å². The van der Waals surface area contributed by atoms with Gasteiger partial charge in [-0.25, -0.2) is 4.98 Å². The van der Waals surface area contributed by atoms with Crippen LogP contribution in [0.15, 0.2) is 47.4 Å². The Bertz CT molecular complexity index is 869. The molecule has 4 rings (SSSR count). The van der Waals surface area contributed by atoms with E-state index in [9.17, 15) is 4.79 Å². The third-order valence-electron chi connectivity index (χ3n) is 4.81. The van der Waals surface area contributed by atoms with Crippen LogP contribution in [0.5, 0.6) is 0 Å². The van der Waals surface area contributed by atoms with Crippen molar-refractivity contribution in [2.45, 2.75) is 25.5 Å². The summed E-state index contributed by atoms with van der Waals surface area (Å²) in [6, 6.07) is 7.97. The van der Waals surface area contributed by atoms with Gasteiger partial charge in [0.1, 0.15) is 5.58 Å². The highest BCUT2D eigenvalue weighted by atomic mass is 16.5. The largest absolute Gasteiger partial charge is 0.451 e. The van der Waals surface area contributed by atoms with E-state index in [-0.39, 0.29) is 11.9 Å². The number of carbonyl (C=O) groups is 1. The van der Waals surface area contributed by atoms with Crippen LogP contribution in [-0.2, 0) is 11.3 Å². The van der Waals surface area contributed by atoms with Gasteiger partial charge in [-0.2, -0.15) is 0 Å². The van der Waals surface area contributed by atoms with E-state index >= 15 is 0 Å². The summed E-state index contributed by atoms with van der Waals surface area (Å²) < 4.78 is 13.3. The molecule has 0 aliphatic carbocycles. The molecular formula is C19H21N3O3. The Labute approximate surface area is 146 Å². The second-order valence-electron chi connectivity index (χ2n) is 6.40. The second kappa shape index (κ2) is 6.72. The van der Waals surface area contributed by atoms with Gasteiger partial charge in [-0.05, 0) is 18.9 Å². The Balaban J connectivity index is 1.64. The van der Waals surface area contributed by atoms with E-state index in [1.165, 1.54) is 0 Å². The molecule has 1 saturated heterocycles. The van der Waals surface area contributed by atoms with Crippen LogP contribution in [0.1, 0.15) is 35.0 Å². The summed E-state index contributed by atoms with van der Waals surface area (Å²) >= 11 is 0. The highest BCUT2D eigenvalue weighted by Crippen LogP contribution is 2.29. The van der Waals surface area contributed by atoms with Crippen LogP contribution in [0.2, 0.25) is 0 Å². The molecule has 0 N–H and O–H groups in total. The summed E-state index contributed by atoms with van der Waals surface area (Å²) in [4.78, 5) is 19.1. The number of ether oxygens (including phenoxy) is 1. The number of furan rings is 1. The van der Waals surface area contributed by atoms with Gasteiger partial charge in [0.15, 0.2) is 5.76 Å². The summed E-state index contributed by atoms with van der Waals surface area (Å²) in [5, 5.41) is 0.941. The lowest BCUT2D eigenvalue weighted by Gasteiger charge is -2.33. The van der Waals surface area contributed by atoms with Gasteiger partial charge >= 0.3 is 0 Å². The number of carbonyl (C=O) groups excluding carboxylic acids is 1. The minimum Gasteiger partial charge on any atom is -0.451 e. The van der Waals surface area contributed by atoms with Crippen LogP contribution in [-0.4, -0.2) is 40.6 Å². The van der Waals surface area contributed by atoms with Crippen LogP contribution < -0.4 is 0 Å². The number of hydrogen-bond acceptors (Lipinski definition) is 4. The predicted octanol–water partition coefficient (Wildman–Crippen LogP) is 3.25. The second-order valence-corrected chi connectivity index (χ2v) is 6.40. The third-order valence-corrected chi connectivity index (χ3v) is 4.81. The van der Waals surface area contributed by atoms with Gasteiger partial charge in [0.2, 0.25) is 0 Å². The van der Waals surface area contributed by atoms with Crippen molar-refractivity contribution in [1.29, 1.82) is 0 Å². The van der Waals surface area contributed by atoms with Gasteiger partial charge in [-0.1, -0.05) is 18.2 Å². The Morgan fingerprint density at radius 1 is 1.40 bits per heavy atom. The van der Waals surface area contributed by atoms with Crippen LogP contribution in [0.3, 0.4) is 0 Å². The topological polar surface area (TPSA) is 60.5 Å².